The summed E-state index contributed by atoms with van der Waals surface area (Å²) < 4.78 is 1.17. The molecule has 1 heterocycles. The molecule has 0 fully saturated rings. The number of nitrogens with one attached hydrogen (secondary N) is 1. The Bertz CT molecular complexity index is 494. The molecule has 0 saturated heterocycles. The summed E-state index contributed by atoms with van der Waals surface area (Å²) in [6.45, 7) is 2.10. The van der Waals surface area contributed by atoms with E-state index >= 15 is 0 Å². The monoisotopic (exact) mass is 296 g/mol. The third kappa shape index (κ3) is 2.62. The molecule has 2 aromatic rings. The molecule has 0 unspecified atom stereocenters. The number of nitrogens with zero attached hydrogens (tertiary/aromatic N) is 1. The normalized spacial score (nSPS) is 10.4. The summed E-state index contributed by atoms with van der Waals surface area (Å²) in [7, 11) is 1.89. The lowest BCUT2D eigenvalue weighted by Gasteiger charge is -2.03. The smallest absolute Gasteiger partial charge is 0.182 e. The number of hydrogen-bond donors (Lipinski definition) is 1. The molecule has 0 aliphatic heterocycles. The van der Waals surface area contributed by atoms with Crippen LogP contribution in [0.5, 0.6) is 0 Å². The lowest BCUT2D eigenvalue weighted by atomic mass is 10.1. The topological polar surface area (TPSA) is 24.9 Å². The van der Waals surface area contributed by atoms with Crippen molar-refractivity contribution in [2.75, 3.05) is 12.4 Å². The van der Waals surface area contributed by atoms with Gasteiger partial charge in [0.1, 0.15) is 0 Å². The van der Waals surface area contributed by atoms with E-state index in [0.717, 1.165) is 11.6 Å². The number of benzene rings is 1. The highest BCUT2D eigenvalue weighted by molar-refractivity contribution is 9.10. The second-order valence-electron chi connectivity index (χ2n) is 3.65. The third-order valence-electron chi connectivity index (χ3n) is 2.34. The van der Waals surface area contributed by atoms with E-state index in [2.05, 4.69) is 51.4 Å². The molecule has 0 saturated carbocycles. The second kappa shape index (κ2) is 4.97. The zero-order valence-electron chi connectivity index (χ0n) is 9.25. The van der Waals surface area contributed by atoms with Crippen molar-refractivity contribution in [3.63, 3.8) is 0 Å². The second-order valence-corrected chi connectivity index (χ2v) is 5.62. The molecular formula is C12H13BrN2S. The van der Waals surface area contributed by atoms with Gasteiger partial charge in [0.2, 0.25) is 0 Å². The zero-order chi connectivity index (χ0) is 11.5. The van der Waals surface area contributed by atoms with Gasteiger partial charge in [-0.2, -0.15) is 0 Å². The zero-order valence-corrected chi connectivity index (χ0v) is 11.7. The van der Waals surface area contributed by atoms with Crippen molar-refractivity contribution < 1.29 is 0 Å². The Labute approximate surface area is 108 Å². The summed E-state index contributed by atoms with van der Waals surface area (Å²) in [6.07, 6.45) is 2.86. The van der Waals surface area contributed by atoms with Gasteiger partial charge < -0.3 is 5.32 Å². The maximum absolute atomic E-state index is 4.27. The van der Waals surface area contributed by atoms with E-state index in [1.54, 1.807) is 11.3 Å². The van der Waals surface area contributed by atoms with E-state index in [4.69, 9.17) is 0 Å². The summed E-state index contributed by atoms with van der Waals surface area (Å²) >= 11 is 5.29. The molecule has 2 nitrogen and oxygen atoms in total. The van der Waals surface area contributed by atoms with Crippen LogP contribution < -0.4 is 5.32 Å². The van der Waals surface area contributed by atoms with E-state index in [0.29, 0.717) is 0 Å². The largest absolute Gasteiger partial charge is 0.365 e. The molecule has 16 heavy (non-hydrogen) atoms. The van der Waals surface area contributed by atoms with Gasteiger partial charge in [0.15, 0.2) is 5.13 Å². The predicted octanol–water partition coefficient (Wildman–Crippen LogP) is 3.85. The van der Waals surface area contributed by atoms with Gasteiger partial charge in [0, 0.05) is 29.0 Å². The Balaban J connectivity index is 2.20. The fourth-order valence-electron chi connectivity index (χ4n) is 1.49. The van der Waals surface area contributed by atoms with Crippen molar-refractivity contribution in [3.05, 3.63) is 44.9 Å². The van der Waals surface area contributed by atoms with E-state index in [1.165, 1.54) is 20.5 Å². The molecule has 0 bridgehead atoms. The number of anilines is 1. The van der Waals surface area contributed by atoms with Gasteiger partial charge in [-0.05, 0) is 24.1 Å². The molecule has 0 amide bonds. The molecule has 1 aromatic heterocycles. The third-order valence-corrected chi connectivity index (χ3v) is 4.09. The van der Waals surface area contributed by atoms with Crippen LogP contribution >= 0.6 is 27.3 Å². The maximum atomic E-state index is 4.27. The average molecular weight is 297 g/mol. The van der Waals surface area contributed by atoms with Crippen molar-refractivity contribution in [3.8, 4) is 0 Å². The van der Waals surface area contributed by atoms with Crippen molar-refractivity contribution >= 4 is 32.4 Å². The molecule has 2 rings (SSSR count). The number of thiazole rings is 1. The highest BCUT2D eigenvalue weighted by atomic mass is 79.9. The van der Waals surface area contributed by atoms with Gasteiger partial charge >= 0.3 is 0 Å². The molecule has 0 aliphatic rings. The van der Waals surface area contributed by atoms with Crippen LogP contribution in [0.4, 0.5) is 5.13 Å². The molecule has 0 spiro atoms. The molecule has 1 N–H and O–H groups in total. The summed E-state index contributed by atoms with van der Waals surface area (Å²) in [4.78, 5) is 5.54. The first-order valence-electron chi connectivity index (χ1n) is 5.06. The van der Waals surface area contributed by atoms with Gasteiger partial charge in [-0.1, -0.05) is 28.1 Å². The van der Waals surface area contributed by atoms with Crippen LogP contribution in [0.2, 0.25) is 0 Å². The lowest BCUT2D eigenvalue weighted by Crippen LogP contribution is -1.87. The van der Waals surface area contributed by atoms with Crippen LogP contribution in [-0.4, -0.2) is 12.0 Å². The number of hydrogen-bond acceptors (Lipinski definition) is 3. The summed E-state index contributed by atoms with van der Waals surface area (Å²) in [6, 6.07) is 6.45. The molecule has 0 aliphatic carbocycles. The SMILES string of the molecule is CNc1ncc(Cc2ccc(C)cc2Br)s1. The Hall–Kier alpha value is -0.870. The first-order valence-corrected chi connectivity index (χ1v) is 6.67. The van der Waals surface area contributed by atoms with Gasteiger partial charge in [-0.3, -0.25) is 0 Å². The fourth-order valence-corrected chi connectivity index (χ4v) is 2.91. The highest BCUT2D eigenvalue weighted by Crippen LogP contribution is 2.25. The predicted molar refractivity (Wildman–Crippen MR) is 73.3 cm³/mol. The minimum Gasteiger partial charge on any atom is -0.365 e. The lowest BCUT2D eigenvalue weighted by molar-refractivity contribution is 1.19. The standard InChI is InChI=1S/C12H13BrN2S/c1-8-3-4-9(11(13)5-8)6-10-7-15-12(14-2)16-10/h3-5,7H,6H2,1-2H3,(H,14,15). The fraction of sp³-hybridized carbons (Fsp3) is 0.250. The Morgan fingerprint density at radius 2 is 2.25 bits per heavy atom. The van der Waals surface area contributed by atoms with Gasteiger partial charge in [0.05, 0.1) is 0 Å². The van der Waals surface area contributed by atoms with Crippen LogP contribution in [0.15, 0.2) is 28.9 Å². The van der Waals surface area contributed by atoms with Crippen LogP contribution in [0.1, 0.15) is 16.0 Å². The molecule has 0 atom stereocenters. The van der Waals surface area contributed by atoms with Crippen molar-refractivity contribution in [1.29, 1.82) is 0 Å². The van der Waals surface area contributed by atoms with Crippen LogP contribution in [-0.2, 0) is 6.42 Å². The molecule has 1 aromatic carbocycles. The average Bonchev–Trinajstić information content (AvgIpc) is 2.70. The summed E-state index contributed by atoms with van der Waals surface area (Å²) in [5.41, 5.74) is 2.58. The molecule has 84 valence electrons. The Morgan fingerprint density at radius 3 is 2.88 bits per heavy atom. The summed E-state index contributed by atoms with van der Waals surface area (Å²) in [5.74, 6) is 0. The van der Waals surface area contributed by atoms with Gasteiger partial charge in [-0.15, -0.1) is 11.3 Å². The van der Waals surface area contributed by atoms with E-state index in [-0.39, 0.29) is 0 Å². The van der Waals surface area contributed by atoms with E-state index in [1.807, 2.05) is 13.2 Å². The number of halogens is 1. The first-order chi connectivity index (χ1) is 7.69. The Morgan fingerprint density at radius 1 is 1.44 bits per heavy atom. The summed E-state index contributed by atoms with van der Waals surface area (Å²) in [5, 5.41) is 4.02. The first kappa shape index (κ1) is 11.6. The van der Waals surface area contributed by atoms with Gasteiger partial charge in [-0.25, -0.2) is 4.98 Å². The van der Waals surface area contributed by atoms with E-state index < -0.39 is 0 Å². The number of rotatable bonds is 3. The number of aromatic nitrogens is 1. The van der Waals surface area contributed by atoms with Crippen molar-refractivity contribution in [2.45, 2.75) is 13.3 Å². The molecule has 0 radical (unpaired) electrons. The Kier molecular flexibility index (Phi) is 3.61. The quantitative estimate of drug-likeness (QED) is 0.931. The molecule has 4 heteroatoms. The van der Waals surface area contributed by atoms with E-state index in [9.17, 15) is 0 Å². The van der Waals surface area contributed by atoms with Crippen molar-refractivity contribution in [1.82, 2.24) is 4.98 Å². The minimum atomic E-state index is 0.931. The maximum Gasteiger partial charge on any atom is 0.182 e. The highest BCUT2D eigenvalue weighted by Gasteiger charge is 2.05. The number of aryl methyl sites for hydroxylation is 1. The van der Waals surface area contributed by atoms with Crippen molar-refractivity contribution in [2.24, 2.45) is 0 Å². The van der Waals surface area contributed by atoms with Gasteiger partial charge in [0.25, 0.3) is 0 Å². The van der Waals surface area contributed by atoms with Crippen LogP contribution in [0.25, 0.3) is 0 Å². The minimum absolute atomic E-state index is 0.931. The van der Waals surface area contributed by atoms with Crippen LogP contribution in [0, 0.1) is 6.92 Å². The molecular weight excluding hydrogens is 284 g/mol. The van der Waals surface area contributed by atoms with Crippen LogP contribution in [0.3, 0.4) is 0 Å².